The van der Waals surface area contributed by atoms with Gasteiger partial charge < -0.3 is 25.8 Å². The summed E-state index contributed by atoms with van der Waals surface area (Å²) in [6, 6.07) is 20.0. The minimum Gasteiger partial charge on any atom is -0.494 e. The molecule has 0 heterocycles. The van der Waals surface area contributed by atoms with E-state index in [0.717, 1.165) is 16.9 Å². The van der Waals surface area contributed by atoms with Crippen LogP contribution in [-0.4, -0.2) is 35.7 Å². The minimum absolute atomic E-state index is 0.231. The molecule has 0 aliphatic heterocycles. The summed E-state index contributed by atoms with van der Waals surface area (Å²) in [6.07, 6.45) is 0. The van der Waals surface area contributed by atoms with Crippen molar-refractivity contribution in [1.82, 2.24) is 5.32 Å². The second-order valence-electron chi connectivity index (χ2n) is 8.22. The number of ether oxygens (including phenoxy) is 1. The van der Waals surface area contributed by atoms with E-state index in [4.69, 9.17) is 4.74 Å². The molecule has 8 heteroatoms. The number of benzene rings is 3. The fourth-order valence-electron chi connectivity index (χ4n) is 3.39. The lowest BCUT2D eigenvalue weighted by molar-refractivity contribution is -0.140. The maximum Gasteiger partial charge on any atom is 0.326 e. The lowest BCUT2D eigenvalue weighted by Gasteiger charge is -2.18. The summed E-state index contributed by atoms with van der Waals surface area (Å²) >= 11 is 0. The SMILES string of the molecule is CCOc1ccc(NC(=O)Nc2ccc(-c3ccc(C(=O)N[C@@H](C(=O)O)C(C)C)cc3)cc2)cc1. The molecule has 0 saturated carbocycles. The average molecular weight is 476 g/mol. The van der Waals surface area contributed by atoms with Crippen molar-refractivity contribution in [3.8, 4) is 16.9 Å². The van der Waals surface area contributed by atoms with E-state index in [1.54, 1.807) is 74.5 Å². The lowest BCUT2D eigenvalue weighted by atomic mass is 10.0. The minimum atomic E-state index is -1.06. The van der Waals surface area contributed by atoms with Gasteiger partial charge in [0, 0.05) is 16.9 Å². The van der Waals surface area contributed by atoms with Crippen molar-refractivity contribution in [3.63, 3.8) is 0 Å². The maximum atomic E-state index is 12.4. The smallest absolute Gasteiger partial charge is 0.326 e. The van der Waals surface area contributed by atoms with Crippen LogP contribution >= 0.6 is 0 Å². The summed E-state index contributed by atoms with van der Waals surface area (Å²) in [6.45, 7) is 5.97. The van der Waals surface area contributed by atoms with Crippen LogP contribution in [0.25, 0.3) is 11.1 Å². The third kappa shape index (κ3) is 7.07. The van der Waals surface area contributed by atoms with Gasteiger partial charge in [-0.15, -0.1) is 0 Å². The van der Waals surface area contributed by atoms with Gasteiger partial charge in [0.25, 0.3) is 5.91 Å². The molecule has 0 aromatic heterocycles. The standard InChI is InChI=1S/C27H29N3O5/c1-4-35-23-15-13-22(14-16-23)29-27(34)28-21-11-9-19(10-12-21)18-5-7-20(8-6-18)25(31)30-24(17(2)3)26(32)33/h5-17,24H,4H2,1-3H3,(H,30,31)(H,32,33)(H2,28,29,34)/t24-/m1/s1. The van der Waals surface area contributed by atoms with Crippen LogP contribution in [0.5, 0.6) is 5.75 Å². The monoisotopic (exact) mass is 475 g/mol. The molecule has 35 heavy (non-hydrogen) atoms. The summed E-state index contributed by atoms with van der Waals surface area (Å²) in [5.74, 6) is -0.990. The first-order chi connectivity index (χ1) is 16.8. The Morgan fingerprint density at radius 2 is 1.29 bits per heavy atom. The topological polar surface area (TPSA) is 117 Å². The Kier molecular flexibility index (Phi) is 8.45. The van der Waals surface area contributed by atoms with E-state index in [1.807, 2.05) is 19.1 Å². The molecule has 182 valence electrons. The molecule has 0 fully saturated rings. The van der Waals surface area contributed by atoms with Gasteiger partial charge in [-0.3, -0.25) is 4.79 Å². The highest BCUT2D eigenvalue weighted by Crippen LogP contribution is 2.22. The summed E-state index contributed by atoms with van der Waals surface area (Å²) in [7, 11) is 0. The molecule has 0 unspecified atom stereocenters. The third-order valence-corrected chi connectivity index (χ3v) is 5.27. The van der Waals surface area contributed by atoms with Gasteiger partial charge >= 0.3 is 12.0 Å². The van der Waals surface area contributed by atoms with Crippen molar-refractivity contribution in [2.75, 3.05) is 17.2 Å². The zero-order valence-electron chi connectivity index (χ0n) is 19.9. The summed E-state index contributed by atoms with van der Waals surface area (Å²) < 4.78 is 5.39. The zero-order valence-corrected chi connectivity index (χ0v) is 19.9. The van der Waals surface area contributed by atoms with Gasteiger partial charge in [-0.05, 0) is 72.5 Å². The average Bonchev–Trinajstić information content (AvgIpc) is 2.84. The van der Waals surface area contributed by atoms with Crippen molar-refractivity contribution in [2.24, 2.45) is 5.92 Å². The number of carbonyl (C=O) groups excluding carboxylic acids is 2. The van der Waals surface area contributed by atoms with Crippen LogP contribution in [0, 0.1) is 5.92 Å². The predicted molar refractivity (Wildman–Crippen MR) is 136 cm³/mol. The fraction of sp³-hybridized carbons (Fsp3) is 0.222. The number of hydrogen-bond acceptors (Lipinski definition) is 4. The number of aliphatic carboxylic acids is 1. The van der Waals surface area contributed by atoms with Crippen molar-refractivity contribution in [1.29, 1.82) is 0 Å². The van der Waals surface area contributed by atoms with Crippen LogP contribution in [0.4, 0.5) is 16.2 Å². The molecule has 0 radical (unpaired) electrons. The number of nitrogens with one attached hydrogen (secondary N) is 3. The van der Waals surface area contributed by atoms with E-state index >= 15 is 0 Å². The van der Waals surface area contributed by atoms with Crippen LogP contribution < -0.4 is 20.7 Å². The van der Waals surface area contributed by atoms with Gasteiger partial charge in [-0.2, -0.15) is 0 Å². The third-order valence-electron chi connectivity index (χ3n) is 5.27. The number of carbonyl (C=O) groups is 3. The Bertz CT molecular complexity index is 1160. The molecule has 0 bridgehead atoms. The Hall–Kier alpha value is -4.33. The number of hydrogen-bond donors (Lipinski definition) is 4. The van der Waals surface area contributed by atoms with Gasteiger partial charge in [0.15, 0.2) is 0 Å². The number of carboxylic acids is 1. The number of carboxylic acid groups (broad SMARTS) is 1. The first-order valence-corrected chi connectivity index (χ1v) is 11.3. The maximum absolute atomic E-state index is 12.4. The van der Waals surface area contributed by atoms with Crippen molar-refractivity contribution in [3.05, 3.63) is 78.4 Å². The van der Waals surface area contributed by atoms with Crippen LogP contribution in [0.1, 0.15) is 31.1 Å². The molecule has 1 atom stereocenters. The summed E-state index contributed by atoms with van der Waals surface area (Å²) in [4.78, 5) is 36.0. The molecule has 8 nitrogen and oxygen atoms in total. The molecule has 3 aromatic rings. The molecular formula is C27H29N3O5. The summed E-state index contributed by atoms with van der Waals surface area (Å²) in [5, 5.41) is 17.4. The van der Waals surface area contributed by atoms with Gasteiger partial charge in [0.05, 0.1) is 6.61 Å². The van der Waals surface area contributed by atoms with Gasteiger partial charge in [-0.25, -0.2) is 9.59 Å². The molecule has 3 rings (SSSR count). The van der Waals surface area contributed by atoms with Gasteiger partial charge in [0.2, 0.25) is 0 Å². The molecule has 4 N–H and O–H groups in total. The number of urea groups is 1. The molecule has 0 spiro atoms. The second kappa shape index (κ2) is 11.7. The van der Waals surface area contributed by atoms with E-state index in [2.05, 4.69) is 16.0 Å². The van der Waals surface area contributed by atoms with Crippen LogP contribution in [0.2, 0.25) is 0 Å². The molecular weight excluding hydrogens is 446 g/mol. The highest BCUT2D eigenvalue weighted by atomic mass is 16.5. The Balaban J connectivity index is 1.58. The van der Waals surface area contributed by atoms with E-state index in [9.17, 15) is 19.5 Å². The quantitative estimate of drug-likeness (QED) is 0.338. The molecule has 3 amide bonds. The highest BCUT2D eigenvalue weighted by Gasteiger charge is 2.23. The zero-order chi connectivity index (χ0) is 25.4. The number of anilines is 2. The molecule has 0 aliphatic rings. The first-order valence-electron chi connectivity index (χ1n) is 11.3. The van der Waals surface area contributed by atoms with Gasteiger partial charge in [0.1, 0.15) is 11.8 Å². The van der Waals surface area contributed by atoms with Crippen molar-refractivity contribution >= 4 is 29.3 Å². The molecule has 3 aromatic carbocycles. The fourth-order valence-corrected chi connectivity index (χ4v) is 3.39. The number of amides is 3. The molecule has 0 aliphatic carbocycles. The Labute approximate surface area is 204 Å². The summed E-state index contributed by atoms with van der Waals surface area (Å²) in [5.41, 5.74) is 3.44. The van der Waals surface area contributed by atoms with Crippen molar-refractivity contribution < 1.29 is 24.2 Å². The highest BCUT2D eigenvalue weighted by molar-refractivity contribution is 6.00. The van der Waals surface area contributed by atoms with Crippen LogP contribution in [-0.2, 0) is 4.79 Å². The lowest BCUT2D eigenvalue weighted by Crippen LogP contribution is -2.44. The van der Waals surface area contributed by atoms with Gasteiger partial charge in [-0.1, -0.05) is 38.1 Å². The van der Waals surface area contributed by atoms with E-state index in [-0.39, 0.29) is 11.9 Å². The second-order valence-corrected chi connectivity index (χ2v) is 8.22. The van der Waals surface area contributed by atoms with Crippen LogP contribution in [0.15, 0.2) is 72.8 Å². The van der Waals surface area contributed by atoms with E-state index < -0.39 is 17.9 Å². The Morgan fingerprint density at radius 1 is 0.800 bits per heavy atom. The first kappa shape index (κ1) is 25.3. The normalized spacial score (nSPS) is 11.4. The largest absolute Gasteiger partial charge is 0.494 e. The van der Waals surface area contributed by atoms with E-state index in [0.29, 0.717) is 23.5 Å². The van der Waals surface area contributed by atoms with E-state index in [1.165, 1.54) is 0 Å². The van der Waals surface area contributed by atoms with Crippen molar-refractivity contribution in [2.45, 2.75) is 26.8 Å². The number of rotatable bonds is 9. The predicted octanol–water partition coefficient (Wildman–Crippen LogP) is 5.24. The van der Waals surface area contributed by atoms with Crippen LogP contribution in [0.3, 0.4) is 0 Å². The molecule has 0 saturated heterocycles. The Morgan fingerprint density at radius 3 is 1.74 bits per heavy atom.